The zero-order valence-electron chi connectivity index (χ0n) is 17.2. The van der Waals surface area contributed by atoms with E-state index in [0.717, 1.165) is 24.1 Å². The number of fused-ring (bicyclic) bond motifs is 1. The zero-order valence-corrected chi connectivity index (χ0v) is 17.2. The number of aromatic carboxylic acids is 1. The molecule has 2 aromatic rings. The van der Waals surface area contributed by atoms with Crippen molar-refractivity contribution in [3.8, 4) is 18.1 Å². The van der Waals surface area contributed by atoms with Crippen molar-refractivity contribution in [1.82, 2.24) is 0 Å². The molecule has 1 aliphatic rings. The van der Waals surface area contributed by atoms with Crippen LogP contribution in [0, 0.1) is 18.2 Å². The normalized spacial score (nSPS) is 15.9. The maximum absolute atomic E-state index is 13.8. The van der Waals surface area contributed by atoms with Crippen molar-refractivity contribution in [2.75, 3.05) is 10.6 Å². The van der Waals surface area contributed by atoms with Crippen LogP contribution in [0.15, 0.2) is 30.3 Å². The van der Waals surface area contributed by atoms with Gasteiger partial charge < -0.3 is 20.5 Å². The fourth-order valence-corrected chi connectivity index (χ4v) is 3.95. The van der Waals surface area contributed by atoms with Crippen molar-refractivity contribution in [3.63, 3.8) is 0 Å². The van der Waals surface area contributed by atoms with E-state index < -0.39 is 23.4 Å². The van der Waals surface area contributed by atoms with Crippen LogP contribution in [0.5, 0.6) is 5.75 Å². The second-order valence-corrected chi connectivity index (χ2v) is 8.55. The Balaban J connectivity index is 1.86. The number of ether oxygens (including phenoxy) is 1. The Hall–Kier alpha value is -3.53. The first-order chi connectivity index (χ1) is 13.9. The summed E-state index contributed by atoms with van der Waals surface area (Å²) in [6.07, 6.45) is 6.45. The van der Waals surface area contributed by atoms with Gasteiger partial charge in [0.1, 0.15) is 17.2 Å². The van der Waals surface area contributed by atoms with E-state index >= 15 is 0 Å². The monoisotopic (exact) mass is 410 g/mol. The van der Waals surface area contributed by atoms with Crippen LogP contribution in [0.25, 0.3) is 0 Å². The van der Waals surface area contributed by atoms with E-state index in [1.165, 1.54) is 6.07 Å². The van der Waals surface area contributed by atoms with Crippen LogP contribution >= 0.6 is 0 Å². The van der Waals surface area contributed by atoms with Crippen LogP contribution in [-0.2, 0) is 5.41 Å². The molecule has 3 N–H and O–H groups in total. The predicted molar refractivity (Wildman–Crippen MR) is 113 cm³/mol. The molecule has 0 unspecified atom stereocenters. The number of carboxylic acids is 1. The van der Waals surface area contributed by atoms with E-state index in [1.807, 2.05) is 19.9 Å². The third kappa shape index (κ3) is 4.23. The van der Waals surface area contributed by atoms with E-state index in [4.69, 9.17) is 16.3 Å². The number of nitrogens with one attached hydrogen (secondary N) is 2. The molecule has 0 aromatic heterocycles. The van der Waals surface area contributed by atoms with Gasteiger partial charge in [-0.2, -0.15) is 0 Å². The van der Waals surface area contributed by atoms with Crippen molar-refractivity contribution in [1.29, 1.82) is 0 Å². The lowest BCUT2D eigenvalue weighted by Crippen LogP contribution is -2.41. The molecule has 0 saturated heterocycles. The van der Waals surface area contributed by atoms with E-state index in [0.29, 0.717) is 17.0 Å². The van der Waals surface area contributed by atoms with Gasteiger partial charge in [-0.15, -0.1) is 6.42 Å². The van der Waals surface area contributed by atoms with E-state index in [-0.39, 0.29) is 16.7 Å². The van der Waals surface area contributed by atoms with E-state index in [1.54, 1.807) is 6.07 Å². The molecule has 0 aliphatic carbocycles. The molecule has 156 valence electrons. The number of anilines is 2. The first-order valence-corrected chi connectivity index (χ1v) is 9.37. The summed E-state index contributed by atoms with van der Waals surface area (Å²) in [5.74, 6) is 0.930. The Kier molecular flexibility index (Phi) is 5.21. The number of carbonyl (C=O) groups excluding carboxylic acids is 1. The van der Waals surface area contributed by atoms with E-state index in [9.17, 15) is 14.0 Å². The highest BCUT2D eigenvalue weighted by Crippen LogP contribution is 2.47. The fraction of sp³-hybridized carbons (Fsp3) is 0.304. The van der Waals surface area contributed by atoms with Crippen molar-refractivity contribution in [3.05, 3.63) is 52.8 Å². The molecule has 0 bridgehead atoms. The minimum atomic E-state index is -1.38. The molecule has 1 heterocycles. The van der Waals surface area contributed by atoms with Gasteiger partial charge in [0.15, 0.2) is 0 Å². The molecule has 0 atom stereocenters. The number of hydrogen-bond acceptors (Lipinski definition) is 3. The van der Waals surface area contributed by atoms with Gasteiger partial charge in [0, 0.05) is 16.9 Å². The molecule has 2 amide bonds. The highest BCUT2D eigenvalue weighted by atomic mass is 19.1. The van der Waals surface area contributed by atoms with Gasteiger partial charge in [-0.25, -0.2) is 14.0 Å². The van der Waals surface area contributed by atoms with Gasteiger partial charge in [0.05, 0.1) is 11.1 Å². The number of rotatable bonds is 3. The third-order valence-corrected chi connectivity index (χ3v) is 4.93. The van der Waals surface area contributed by atoms with Gasteiger partial charge in [-0.3, -0.25) is 0 Å². The molecule has 30 heavy (non-hydrogen) atoms. The molecule has 6 nitrogen and oxygen atoms in total. The first kappa shape index (κ1) is 21.2. The maximum Gasteiger partial charge on any atom is 0.338 e. The fourth-order valence-electron chi connectivity index (χ4n) is 3.95. The summed E-state index contributed by atoms with van der Waals surface area (Å²) in [5.41, 5.74) is 0.936. The molecule has 0 saturated carbocycles. The zero-order chi connectivity index (χ0) is 22.3. The van der Waals surface area contributed by atoms with Gasteiger partial charge in [-0.1, -0.05) is 19.8 Å². The Labute approximate surface area is 174 Å². The SMILES string of the molecule is C#Cc1cc(NC(=O)Nc2ccc(C(=O)O)c(F)c2)cc2c1OC(C)(C)CC2(C)C. The quantitative estimate of drug-likeness (QED) is 0.622. The summed E-state index contributed by atoms with van der Waals surface area (Å²) < 4.78 is 19.9. The Morgan fingerprint density at radius 2 is 1.80 bits per heavy atom. The van der Waals surface area contributed by atoms with Crippen molar-refractivity contribution < 1.29 is 23.8 Å². The molecule has 1 aliphatic heterocycles. The smallest absolute Gasteiger partial charge is 0.338 e. The lowest BCUT2D eigenvalue weighted by Gasteiger charge is -2.43. The Bertz CT molecular complexity index is 1080. The summed E-state index contributed by atoms with van der Waals surface area (Å²) in [7, 11) is 0. The first-order valence-electron chi connectivity index (χ1n) is 9.37. The average molecular weight is 410 g/mol. The molecule has 0 radical (unpaired) electrons. The standard InChI is InChI=1S/C23H23FN2O4/c1-6-13-9-15(10-17-19(13)30-23(4,5)12-22(17,2)3)26-21(29)25-14-7-8-16(20(27)28)18(24)11-14/h1,7-11H,12H2,2-5H3,(H,27,28)(H2,25,26,29). The van der Waals surface area contributed by atoms with Crippen LogP contribution in [-0.4, -0.2) is 22.7 Å². The third-order valence-electron chi connectivity index (χ3n) is 4.93. The Morgan fingerprint density at radius 1 is 1.13 bits per heavy atom. The van der Waals surface area contributed by atoms with Gasteiger partial charge >= 0.3 is 12.0 Å². The number of amides is 2. The molecule has 2 aromatic carbocycles. The number of urea groups is 1. The second-order valence-electron chi connectivity index (χ2n) is 8.55. The Morgan fingerprint density at radius 3 is 2.40 bits per heavy atom. The van der Waals surface area contributed by atoms with Gasteiger partial charge in [0.25, 0.3) is 0 Å². The lowest BCUT2D eigenvalue weighted by molar-refractivity contribution is 0.0531. The molecule has 0 spiro atoms. The summed E-state index contributed by atoms with van der Waals surface area (Å²) in [6, 6.07) is 6.19. The number of benzene rings is 2. The summed E-state index contributed by atoms with van der Waals surface area (Å²) >= 11 is 0. The molecular formula is C23H23FN2O4. The topological polar surface area (TPSA) is 87.7 Å². The number of carbonyl (C=O) groups is 2. The van der Waals surface area contributed by atoms with Crippen LogP contribution in [0.2, 0.25) is 0 Å². The van der Waals surface area contributed by atoms with Gasteiger partial charge in [0.2, 0.25) is 0 Å². The van der Waals surface area contributed by atoms with Gasteiger partial charge in [-0.05, 0) is 56.0 Å². The summed E-state index contributed by atoms with van der Waals surface area (Å²) in [4.78, 5) is 23.3. The minimum Gasteiger partial charge on any atom is -0.486 e. The van der Waals surface area contributed by atoms with Crippen molar-refractivity contribution >= 4 is 23.4 Å². The predicted octanol–water partition coefficient (Wildman–Crippen LogP) is 4.99. The van der Waals surface area contributed by atoms with Crippen LogP contribution < -0.4 is 15.4 Å². The number of halogens is 1. The molecule has 0 fully saturated rings. The number of terminal acetylenes is 1. The maximum atomic E-state index is 13.8. The summed E-state index contributed by atoms with van der Waals surface area (Å²) in [5, 5.41) is 14.1. The van der Waals surface area contributed by atoms with Crippen LogP contribution in [0.3, 0.4) is 0 Å². The average Bonchev–Trinajstić information content (AvgIpc) is 2.60. The van der Waals surface area contributed by atoms with E-state index in [2.05, 4.69) is 30.4 Å². The second kappa shape index (κ2) is 7.38. The molecule has 3 rings (SSSR count). The number of carboxylic acid groups (broad SMARTS) is 1. The number of hydrogen-bond donors (Lipinski definition) is 3. The lowest BCUT2D eigenvalue weighted by atomic mass is 9.73. The summed E-state index contributed by atoms with van der Waals surface area (Å²) in [6.45, 7) is 8.19. The van der Waals surface area contributed by atoms with Crippen molar-refractivity contribution in [2.45, 2.75) is 45.1 Å². The van der Waals surface area contributed by atoms with Crippen molar-refractivity contribution in [2.24, 2.45) is 0 Å². The highest BCUT2D eigenvalue weighted by Gasteiger charge is 2.40. The minimum absolute atomic E-state index is 0.121. The highest BCUT2D eigenvalue weighted by molar-refractivity contribution is 6.00. The molecular weight excluding hydrogens is 387 g/mol. The molecule has 7 heteroatoms. The van der Waals surface area contributed by atoms with Crippen LogP contribution in [0.4, 0.5) is 20.6 Å². The van der Waals surface area contributed by atoms with Crippen LogP contribution in [0.1, 0.15) is 55.6 Å². The largest absolute Gasteiger partial charge is 0.486 e.